The number of methoxy groups -OCH3 is 1. The number of benzene rings is 2. The number of amides is 1. The summed E-state index contributed by atoms with van der Waals surface area (Å²) >= 11 is 3.36. The Hall–Kier alpha value is -3.13. The summed E-state index contributed by atoms with van der Waals surface area (Å²) in [6.45, 7) is 3.75. The Bertz CT molecular complexity index is 1130. The molecule has 0 fully saturated rings. The highest BCUT2D eigenvalue weighted by Crippen LogP contribution is 2.17. The number of aromatic nitrogens is 2. The predicted octanol–water partition coefficient (Wildman–Crippen LogP) is 4.04. The summed E-state index contributed by atoms with van der Waals surface area (Å²) in [5.41, 5.74) is 5.14. The fourth-order valence-corrected chi connectivity index (χ4v) is 3.56. The van der Waals surface area contributed by atoms with Gasteiger partial charge in [-0.3, -0.25) is 14.7 Å². The minimum Gasteiger partial charge on any atom is -0.497 e. The van der Waals surface area contributed by atoms with Crippen LogP contribution in [0.5, 0.6) is 5.75 Å². The molecule has 0 aliphatic rings. The molecule has 0 aliphatic heterocycles. The second-order valence-electron chi connectivity index (χ2n) is 6.67. The molecule has 2 N–H and O–H groups in total. The van der Waals surface area contributed by atoms with E-state index in [4.69, 9.17) is 4.74 Å². The van der Waals surface area contributed by atoms with Crippen molar-refractivity contribution < 1.29 is 9.53 Å². The van der Waals surface area contributed by atoms with E-state index in [0.29, 0.717) is 39.2 Å². The van der Waals surface area contributed by atoms with Gasteiger partial charge in [0.15, 0.2) is 0 Å². The lowest BCUT2D eigenvalue weighted by Gasteiger charge is -2.04. The maximum absolute atomic E-state index is 13.1. The first kappa shape index (κ1) is 21.6. The summed E-state index contributed by atoms with van der Waals surface area (Å²) in [5, 5.41) is 7.37. The van der Waals surface area contributed by atoms with E-state index >= 15 is 0 Å². The summed E-state index contributed by atoms with van der Waals surface area (Å²) in [4.78, 5) is 25.6. The molecule has 0 aliphatic carbocycles. The standard InChI is InChI=1S/C22H23BrN4O3/c1-4-7-19-20(14(2)24-25-21(28)17-8-5-6-9-18(17)23)22(29)27(26-19)15-10-12-16(30-3)13-11-15/h5-6,8-13,26H,4,7H2,1-3H3,(H,25,28). The van der Waals surface area contributed by atoms with Gasteiger partial charge in [-0.25, -0.2) is 10.1 Å². The number of halogens is 1. The van der Waals surface area contributed by atoms with Crippen LogP contribution >= 0.6 is 15.9 Å². The molecule has 0 atom stereocenters. The van der Waals surface area contributed by atoms with Crippen molar-refractivity contribution in [1.29, 1.82) is 0 Å². The van der Waals surface area contributed by atoms with E-state index < -0.39 is 0 Å². The van der Waals surface area contributed by atoms with Crippen LogP contribution in [0.15, 0.2) is 62.9 Å². The van der Waals surface area contributed by atoms with Crippen molar-refractivity contribution in [3.63, 3.8) is 0 Å². The Morgan fingerprint density at radius 2 is 1.90 bits per heavy atom. The van der Waals surface area contributed by atoms with E-state index in [1.165, 1.54) is 4.68 Å². The van der Waals surface area contributed by atoms with Crippen LogP contribution in [0.2, 0.25) is 0 Å². The van der Waals surface area contributed by atoms with Crippen LogP contribution in [0.4, 0.5) is 0 Å². The first-order valence-corrected chi connectivity index (χ1v) is 10.3. The second-order valence-corrected chi connectivity index (χ2v) is 7.53. The van der Waals surface area contributed by atoms with Gasteiger partial charge in [-0.05, 0) is 65.7 Å². The number of H-pyrrole nitrogens is 1. The molecule has 7 nitrogen and oxygen atoms in total. The predicted molar refractivity (Wildman–Crippen MR) is 121 cm³/mol. The number of aryl methyl sites for hydroxylation is 1. The molecule has 1 aromatic heterocycles. The third kappa shape index (κ3) is 4.54. The van der Waals surface area contributed by atoms with Gasteiger partial charge in [0.1, 0.15) is 5.75 Å². The van der Waals surface area contributed by atoms with Crippen molar-refractivity contribution in [2.45, 2.75) is 26.7 Å². The van der Waals surface area contributed by atoms with E-state index in [9.17, 15) is 9.59 Å². The maximum Gasteiger partial charge on any atom is 0.280 e. The van der Waals surface area contributed by atoms with Crippen LogP contribution in [-0.2, 0) is 6.42 Å². The monoisotopic (exact) mass is 470 g/mol. The van der Waals surface area contributed by atoms with Gasteiger partial charge < -0.3 is 4.74 Å². The zero-order valence-corrected chi connectivity index (χ0v) is 18.6. The lowest BCUT2D eigenvalue weighted by Crippen LogP contribution is -2.23. The summed E-state index contributed by atoms with van der Waals surface area (Å²) in [6.07, 6.45) is 1.53. The van der Waals surface area contributed by atoms with Gasteiger partial charge in [0.05, 0.1) is 29.6 Å². The highest BCUT2D eigenvalue weighted by Gasteiger charge is 2.18. The summed E-state index contributed by atoms with van der Waals surface area (Å²) in [5.74, 6) is 0.352. The fourth-order valence-electron chi connectivity index (χ4n) is 3.10. The van der Waals surface area contributed by atoms with Crippen molar-refractivity contribution in [1.82, 2.24) is 15.2 Å². The van der Waals surface area contributed by atoms with E-state index in [2.05, 4.69) is 31.6 Å². The molecule has 3 rings (SSSR count). The van der Waals surface area contributed by atoms with Crippen molar-refractivity contribution in [3.8, 4) is 11.4 Å². The van der Waals surface area contributed by atoms with Crippen molar-refractivity contribution >= 4 is 27.5 Å². The Kier molecular flexibility index (Phi) is 6.89. The van der Waals surface area contributed by atoms with Crippen LogP contribution in [0.1, 0.15) is 41.9 Å². The van der Waals surface area contributed by atoms with Crippen molar-refractivity contribution in [2.24, 2.45) is 5.10 Å². The number of hydrazone groups is 1. The topological polar surface area (TPSA) is 88.5 Å². The molecule has 2 aromatic carbocycles. The van der Waals surface area contributed by atoms with Gasteiger partial charge in [-0.1, -0.05) is 25.5 Å². The quantitative estimate of drug-likeness (QED) is 0.403. The number of aromatic amines is 1. The third-order valence-electron chi connectivity index (χ3n) is 4.60. The van der Waals surface area contributed by atoms with Crippen LogP contribution < -0.4 is 15.7 Å². The third-order valence-corrected chi connectivity index (χ3v) is 5.29. The van der Waals surface area contributed by atoms with Crippen LogP contribution in [0.3, 0.4) is 0 Å². The number of ether oxygens (including phenoxy) is 1. The number of carbonyl (C=O) groups excluding carboxylic acids is 1. The second kappa shape index (κ2) is 9.58. The average molecular weight is 471 g/mol. The molecule has 156 valence electrons. The number of rotatable bonds is 7. The Balaban J connectivity index is 1.94. The average Bonchev–Trinajstić information content (AvgIpc) is 3.08. The first-order chi connectivity index (χ1) is 14.5. The molecule has 30 heavy (non-hydrogen) atoms. The zero-order valence-electron chi connectivity index (χ0n) is 17.0. The number of hydrogen-bond acceptors (Lipinski definition) is 4. The van der Waals surface area contributed by atoms with Gasteiger partial charge in [-0.15, -0.1) is 0 Å². The fraction of sp³-hybridized carbons (Fsp3) is 0.227. The molecule has 0 spiro atoms. The van der Waals surface area contributed by atoms with Crippen molar-refractivity contribution in [3.05, 3.63) is 80.2 Å². The smallest absolute Gasteiger partial charge is 0.280 e. The highest BCUT2D eigenvalue weighted by atomic mass is 79.9. The van der Waals surface area contributed by atoms with Crippen molar-refractivity contribution in [2.75, 3.05) is 7.11 Å². The van der Waals surface area contributed by atoms with Crippen LogP contribution in [0, 0.1) is 0 Å². The van der Waals surface area contributed by atoms with E-state index in [-0.39, 0.29) is 11.5 Å². The maximum atomic E-state index is 13.1. The molecular weight excluding hydrogens is 448 g/mol. The van der Waals surface area contributed by atoms with Crippen LogP contribution in [-0.4, -0.2) is 28.5 Å². The van der Waals surface area contributed by atoms with Gasteiger partial charge in [0, 0.05) is 10.2 Å². The summed E-state index contributed by atoms with van der Waals surface area (Å²) in [7, 11) is 1.59. The number of hydrogen-bond donors (Lipinski definition) is 2. The van der Waals surface area contributed by atoms with Gasteiger partial charge in [0.25, 0.3) is 11.5 Å². The lowest BCUT2D eigenvalue weighted by molar-refractivity contribution is 0.0954. The summed E-state index contributed by atoms with van der Waals surface area (Å²) < 4.78 is 7.33. The zero-order chi connectivity index (χ0) is 21.7. The SMILES string of the molecule is CCCc1[nH]n(-c2ccc(OC)cc2)c(=O)c1C(C)=NNC(=O)c1ccccc1Br. The molecule has 8 heteroatoms. The van der Waals surface area contributed by atoms with Gasteiger partial charge >= 0.3 is 0 Å². The normalized spacial score (nSPS) is 11.4. The van der Waals surface area contributed by atoms with E-state index in [1.807, 2.05) is 13.0 Å². The molecule has 0 saturated carbocycles. The first-order valence-electron chi connectivity index (χ1n) is 9.54. The van der Waals surface area contributed by atoms with Gasteiger partial charge in [-0.2, -0.15) is 5.10 Å². The number of nitrogens with one attached hydrogen (secondary N) is 2. The molecule has 1 amide bonds. The highest BCUT2D eigenvalue weighted by molar-refractivity contribution is 9.10. The molecule has 0 bridgehead atoms. The summed E-state index contributed by atoms with van der Waals surface area (Å²) in [6, 6.07) is 14.3. The molecule has 3 aromatic rings. The molecule has 1 heterocycles. The Morgan fingerprint density at radius 3 is 2.53 bits per heavy atom. The number of nitrogens with zero attached hydrogens (tertiary/aromatic N) is 2. The van der Waals surface area contributed by atoms with Crippen LogP contribution in [0.25, 0.3) is 5.69 Å². The Labute approximate surface area is 182 Å². The van der Waals surface area contributed by atoms with E-state index in [0.717, 1.165) is 12.1 Å². The van der Waals surface area contributed by atoms with E-state index in [1.54, 1.807) is 56.5 Å². The lowest BCUT2D eigenvalue weighted by atomic mass is 10.1. The molecule has 0 saturated heterocycles. The minimum absolute atomic E-state index is 0.222. The number of carbonyl (C=O) groups is 1. The minimum atomic E-state index is -0.357. The molecular formula is C22H23BrN4O3. The largest absolute Gasteiger partial charge is 0.497 e. The Morgan fingerprint density at radius 1 is 1.20 bits per heavy atom. The molecule has 0 unspecified atom stereocenters. The van der Waals surface area contributed by atoms with Gasteiger partial charge in [0.2, 0.25) is 0 Å². The molecule has 0 radical (unpaired) electrons.